The highest BCUT2D eigenvalue weighted by Crippen LogP contribution is 2.36. The molecule has 1 aliphatic rings. The smallest absolute Gasteiger partial charge is 0.367 e. The molecule has 2 aromatic carbocycles. The fourth-order valence-electron chi connectivity index (χ4n) is 3.25. The van der Waals surface area contributed by atoms with Crippen LogP contribution in [0.1, 0.15) is 17.5 Å². The summed E-state index contributed by atoms with van der Waals surface area (Å²) in [5, 5.41) is 2.71. The van der Waals surface area contributed by atoms with E-state index in [4.69, 9.17) is 0 Å². The van der Waals surface area contributed by atoms with Gasteiger partial charge < -0.3 is 15.1 Å². The van der Waals surface area contributed by atoms with Crippen molar-refractivity contribution in [1.82, 2.24) is 4.90 Å². The first-order valence-electron chi connectivity index (χ1n) is 9.31. The van der Waals surface area contributed by atoms with Crippen molar-refractivity contribution in [3.05, 3.63) is 59.7 Å². The summed E-state index contributed by atoms with van der Waals surface area (Å²) in [5.74, 6) is -0.293. The number of amides is 1. The monoisotopic (exact) mass is 391 g/mol. The number of aryl methyl sites for hydroxylation is 1. The zero-order valence-corrected chi connectivity index (χ0v) is 15.8. The molecule has 1 fully saturated rings. The molecule has 28 heavy (non-hydrogen) atoms. The summed E-state index contributed by atoms with van der Waals surface area (Å²) in [6, 6.07) is 13.1. The summed E-state index contributed by atoms with van der Waals surface area (Å²) in [5.41, 5.74) is 1.11. The zero-order chi connectivity index (χ0) is 20.1. The molecule has 2 aromatic rings. The van der Waals surface area contributed by atoms with E-state index in [1.54, 1.807) is 0 Å². The molecule has 1 heterocycles. The maximum atomic E-state index is 13.2. The fraction of sp³-hybridized carbons (Fsp3) is 0.381. The van der Waals surface area contributed by atoms with E-state index in [2.05, 4.69) is 10.2 Å². The molecule has 0 saturated carbocycles. The minimum Gasteiger partial charge on any atom is -0.367 e. The Bertz CT molecular complexity index is 800. The second kappa shape index (κ2) is 8.65. The summed E-state index contributed by atoms with van der Waals surface area (Å²) < 4.78 is 39.5. The van der Waals surface area contributed by atoms with Crippen molar-refractivity contribution in [3.8, 4) is 0 Å². The number of nitrogens with one attached hydrogen (secondary N) is 1. The van der Waals surface area contributed by atoms with Crippen molar-refractivity contribution in [3.63, 3.8) is 0 Å². The number of piperazine rings is 1. The van der Waals surface area contributed by atoms with E-state index in [1.807, 2.05) is 42.3 Å². The Balaban J connectivity index is 1.76. The molecule has 1 amide bonds. The summed E-state index contributed by atoms with van der Waals surface area (Å²) >= 11 is 0. The van der Waals surface area contributed by atoms with Crippen LogP contribution in [0.2, 0.25) is 0 Å². The van der Waals surface area contributed by atoms with Gasteiger partial charge in [0, 0.05) is 32.6 Å². The molecule has 150 valence electrons. The molecule has 1 saturated heterocycles. The van der Waals surface area contributed by atoms with E-state index < -0.39 is 11.7 Å². The van der Waals surface area contributed by atoms with Crippen molar-refractivity contribution in [2.45, 2.75) is 19.0 Å². The molecular weight excluding hydrogens is 367 g/mol. The number of hydrogen-bond acceptors (Lipinski definition) is 3. The van der Waals surface area contributed by atoms with E-state index in [0.717, 1.165) is 30.8 Å². The average Bonchev–Trinajstić information content (AvgIpc) is 2.67. The van der Waals surface area contributed by atoms with E-state index >= 15 is 0 Å². The number of nitrogens with zero attached hydrogens (tertiary/aromatic N) is 2. The first-order valence-corrected chi connectivity index (χ1v) is 9.31. The number of halogens is 3. The van der Waals surface area contributed by atoms with Crippen molar-refractivity contribution < 1.29 is 18.0 Å². The Morgan fingerprint density at radius 2 is 1.71 bits per heavy atom. The Kier molecular flexibility index (Phi) is 6.24. The quantitative estimate of drug-likeness (QED) is 0.836. The summed E-state index contributed by atoms with van der Waals surface area (Å²) in [6.07, 6.45) is -3.71. The highest BCUT2D eigenvalue weighted by Gasteiger charge is 2.32. The van der Waals surface area contributed by atoms with Crippen molar-refractivity contribution in [1.29, 1.82) is 0 Å². The normalized spacial score (nSPS) is 15.5. The van der Waals surface area contributed by atoms with Gasteiger partial charge in [-0.2, -0.15) is 13.2 Å². The van der Waals surface area contributed by atoms with Gasteiger partial charge in [-0.1, -0.05) is 30.3 Å². The molecule has 0 spiro atoms. The molecule has 7 heteroatoms. The molecule has 1 N–H and O–H groups in total. The zero-order valence-electron chi connectivity index (χ0n) is 15.8. The fourth-order valence-corrected chi connectivity index (χ4v) is 3.25. The summed E-state index contributed by atoms with van der Waals surface area (Å²) in [6.45, 7) is 3.05. The second-order valence-corrected chi connectivity index (χ2v) is 7.05. The van der Waals surface area contributed by atoms with Crippen LogP contribution in [0.5, 0.6) is 0 Å². The van der Waals surface area contributed by atoms with Crippen molar-refractivity contribution in [2.75, 3.05) is 43.4 Å². The number of benzene rings is 2. The van der Waals surface area contributed by atoms with Crippen molar-refractivity contribution >= 4 is 17.3 Å². The first kappa shape index (κ1) is 20.2. The number of alkyl halides is 3. The maximum Gasteiger partial charge on any atom is 0.416 e. The molecule has 0 atom stereocenters. The molecule has 4 nitrogen and oxygen atoms in total. The SMILES string of the molecule is CN1CCN(c2ccc(C(F)(F)F)cc2NC(=O)CCc2ccccc2)CC1. The van der Waals surface area contributed by atoms with Gasteiger partial charge in [-0.05, 0) is 37.2 Å². The number of rotatable bonds is 5. The number of likely N-dealkylation sites (N-methyl/N-ethyl adjacent to an activating group) is 1. The summed E-state index contributed by atoms with van der Waals surface area (Å²) in [4.78, 5) is 16.6. The third-order valence-electron chi connectivity index (χ3n) is 4.93. The van der Waals surface area contributed by atoms with Crippen LogP contribution in [0.4, 0.5) is 24.5 Å². The largest absolute Gasteiger partial charge is 0.416 e. The molecule has 0 unspecified atom stereocenters. The minimum atomic E-state index is -4.45. The Labute approximate surface area is 162 Å². The van der Waals surface area contributed by atoms with Gasteiger partial charge in [0.05, 0.1) is 16.9 Å². The average molecular weight is 391 g/mol. The Morgan fingerprint density at radius 1 is 1.04 bits per heavy atom. The van der Waals surface area contributed by atoms with E-state index in [9.17, 15) is 18.0 Å². The van der Waals surface area contributed by atoms with Gasteiger partial charge in [0.2, 0.25) is 5.91 Å². The predicted octanol–water partition coefficient (Wildman–Crippen LogP) is 4.03. The Morgan fingerprint density at radius 3 is 2.36 bits per heavy atom. The second-order valence-electron chi connectivity index (χ2n) is 7.05. The lowest BCUT2D eigenvalue weighted by molar-refractivity contribution is -0.137. The molecule has 3 rings (SSSR count). The number of anilines is 2. The molecule has 0 aromatic heterocycles. The van der Waals surface area contributed by atoms with Gasteiger partial charge in [0.1, 0.15) is 0 Å². The van der Waals surface area contributed by atoms with Crippen LogP contribution in [0.15, 0.2) is 48.5 Å². The van der Waals surface area contributed by atoms with Crippen LogP contribution in [0.25, 0.3) is 0 Å². The maximum absolute atomic E-state index is 13.2. The predicted molar refractivity (Wildman–Crippen MR) is 105 cm³/mol. The minimum absolute atomic E-state index is 0.211. The molecule has 0 radical (unpaired) electrons. The van der Waals surface area contributed by atoms with Gasteiger partial charge in [-0.3, -0.25) is 4.79 Å². The van der Waals surface area contributed by atoms with Gasteiger partial charge in [0.15, 0.2) is 0 Å². The summed E-state index contributed by atoms with van der Waals surface area (Å²) in [7, 11) is 2.01. The van der Waals surface area contributed by atoms with Crippen LogP contribution in [-0.4, -0.2) is 44.0 Å². The van der Waals surface area contributed by atoms with Crippen LogP contribution in [0.3, 0.4) is 0 Å². The van der Waals surface area contributed by atoms with Gasteiger partial charge in [0.25, 0.3) is 0 Å². The topological polar surface area (TPSA) is 35.6 Å². The molecule has 0 bridgehead atoms. The highest BCUT2D eigenvalue weighted by atomic mass is 19.4. The van der Waals surface area contributed by atoms with E-state index in [1.165, 1.54) is 6.07 Å². The molecular formula is C21H24F3N3O. The third-order valence-corrected chi connectivity index (χ3v) is 4.93. The molecule has 0 aliphatic carbocycles. The van der Waals surface area contributed by atoms with E-state index in [-0.39, 0.29) is 18.0 Å². The van der Waals surface area contributed by atoms with Crippen LogP contribution in [-0.2, 0) is 17.4 Å². The molecule has 1 aliphatic heterocycles. The van der Waals surface area contributed by atoms with Gasteiger partial charge in [-0.25, -0.2) is 0 Å². The standard InChI is InChI=1S/C21H24F3N3O/c1-26-11-13-27(14-12-26)19-9-8-17(21(22,23)24)15-18(19)25-20(28)10-7-16-5-3-2-4-6-16/h2-6,8-9,15H,7,10-14H2,1H3,(H,25,28). The van der Waals surface area contributed by atoms with Crippen LogP contribution < -0.4 is 10.2 Å². The lowest BCUT2D eigenvalue weighted by Crippen LogP contribution is -2.44. The van der Waals surface area contributed by atoms with Gasteiger partial charge in [-0.15, -0.1) is 0 Å². The number of carbonyl (C=O) groups excluding carboxylic acids is 1. The lowest BCUT2D eigenvalue weighted by atomic mass is 10.1. The van der Waals surface area contributed by atoms with E-state index in [0.29, 0.717) is 25.2 Å². The Hall–Kier alpha value is -2.54. The first-order chi connectivity index (χ1) is 13.3. The lowest BCUT2D eigenvalue weighted by Gasteiger charge is -2.35. The van der Waals surface area contributed by atoms with Crippen LogP contribution in [0, 0.1) is 0 Å². The van der Waals surface area contributed by atoms with Crippen molar-refractivity contribution in [2.24, 2.45) is 0 Å². The number of hydrogen-bond donors (Lipinski definition) is 1. The number of carbonyl (C=O) groups is 1. The van der Waals surface area contributed by atoms with Gasteiger partial charge >= 0.3 is 6.18 Å². The third kappa shape index (κ3) is 5.25. The highest BCUT2D eigenvalue weighted by molar-refractivity contribution is 5.94. The van der Waals surface area contributed by atoms with Crippen LogP contribution >= 0.6 is 0 Å².